The molecule has 0 aliphatic rings. The summed E-state index contributed by atoms with van der Waals surface area (Å²) in [7, 11) is 0. The average Bonchev–Trinajstić information content (AvgIpc) is 2.85. The number of aromatic nitrogens is 3. The van der Waals surface area contributed by atoms with Gasteiger partial charge in [-0.05, 0) is 35.8 Å². The Balaban J connectivity index is 2.32. The van der Waals surface area contributed by atoms with Gasteiger partial charge >= 0.3 is 6.18 Å². The number of nitrogens with one attached hydrogen (secondary N) is 1. The van der Waals surface area contributed by atoms with Crippen molar-refractivity contribution < 1.29 is 17.9 Å². The van der Waals surface area contributed by atoms with Crippen LogP contribution in [0.1, 0.15) is 25.2 Å². The molecule has 1 aromatic heterocycles. The van der Waals surface area contributed by atoms with Crippen molar-refractivity contribution in [3.63, 3.8) is 0 Å². The van der Waals surface area contributed by atoms with Crippen molar-refractivity contribution in [3.8, 4) is 5.75 Å². The molecule has 0 spiro atoms. The molecule has 25 heavy (non-hydrogen) atoms. The van der Waals surface area contributed by atoms with Crippen molar-refractivity contribution in [1.29, 1.82) is 0 Å². The van der Waals surface area contributed by atoms with E-state index in [0.29, 0.717) is 22.6 Å². The van der Waals surface area contributed by atoms with Gasteiger partial charge in [-0.2, -0.15) is 22.9 Å². The highest BCUT2D eigenvalue weighted by Crippen LogP contribution is 2.34. The Morgan fingerprint density at radius 1 is 1.36 bits per heavy atom. The molecule has 0 amide bonds. The van der Waals surface area contributed by atoms with Crippen LogP contribution in [0.25, 0.3) is 0 Å². The number of hydrogen-bond donors (Lipinski definition) is 1. The third-order valence-electron chi connectivity index (χ3n) is 2.81. The van der Waals surface area contributed by atoms with Crippen LogP contribution in [0, 0.1) is 10.7 Å². The molecule has 0 aliphatic heterocycles. The molecule has 0 saturated carbocycles. The summed E-state index contributed by atoms with van der Waals surface area (Å²) in [6.45, 7) is 4.36. The minimum Gasteiger partial charge on any atom is -0.490 e. The van der Waals surface area contributed by atoms with Crippen LogP contribution in [0.4, 0.5) is 13.2 Å². The predicted octanol–water partition coefficient (Wildman–Crippen LogP) is 5.18. The molecular formula is C14H13Cl2F3N4OS. The topological polar surface area (TPSA) is 55.2 Å². The first-order chi connectivity index (χ1) is 11.6. The number of benzene rings is 1. The van der Waals surface area contributed by atoms with E-state index in [2.05, 4.69) is 15.3 Å². The lowest BCUT2D eigenvalue weighted by atomic mass is 10.2. The molecule has 1 aromatic carbocycles. The number of alkyl halides is 3. The highest BCUT2D eigenvalue weighted by Gasteiger charge is 2.37. The number of aromatic amines is 1. The fourth-order valence-corrected chi connectivity index (χ4v) is 2.54. The van der Waals surface area contributed by atoms with Crippen molar-refractivity contribution in [3.05, 3.63) is 38.3 Å². The van der Waals surface area contributed by atoms with E-state index in [1.165, 1.54) is 12.1 Å². The van der Waals surface area contributed by atoms with Crippen LogP contribution in [-0.4, -0.2) is 27.7 Å². The molecule has 1 N–H and O–H groups in total. The second-order valence-corrected chi connectivity index (χ2v) is 6.63. The van der Waals surface area contributed by atoms with E-state index in [9.17, 15) is 13.2 Å². The third-order valence-corrected chi connectivity index (χ3v) is 3.63. The Hall–Kier alpha value is -1.58. The van der Waals surface area contributed by atoms with Gasteiger partial charge in [-0.25, -0.2) is 5.10 Å². The van der Waals surface area contributed by atoms with Crippen molar-refractivity contribution >= 4 is 41.6 Å². The second-order valence-electron chi connectivity index (χ2n) is 5.43. The molecule has 0 unspecified atom stereocenters. The molecule has 2 aromatic rings. The Kier molecular flexibility index (Phi) is 6.12. The quantitative estimate of drug-likeness (QED) is 0.543. The molecule has 0 bridgehead atoms. The third kappa shape index (κ3) is 4.96. The van der Waals surface area contributed by atoms with Gasteiger partial charge in [-0.1, -0.05) is 37.0 Å². The predicted molar refractivity (Wildman–Crippen MR) is 92.2 cm³/mol. The van der Waals surface area contributed by atoms with Crippen molar-refractivity contribution in [2.24, 2.45) is 11.0 Å². The lowest BCUT2D eigenvalue weighted by molar-refractivity contribution is -0.147. The van der Waals surface area contributed by atoms with Gasteiger partial charge < -0.3 is 4.74 Å². The van der Waals surface area contributed by atoms with Crippen LogP contribution >= 0.6 is 35.4 Å². The van der Waals surface area contributed by atoms with Crippen molar-refractivity contribution in [1.82, 2.24) is 14.9 Å². The van der Waals surface area contributed by atoms with E-state index in [0.717, 1.165) is 6.21 Å². The van der Waals surface area contributed by atoms with E-state index in [-0.39, 0.29) is 20.7 Å². The molecule has 1 heterocycles. The van der Waals surface area contributed by atoms with E-state index < -0.39 is 12.0 Å². The van der Waals surface area contributed by atoms with E-state index in [1.807, 2.05) is 13.8 Å². The molecule has 11 heteroatoms. The zero-order chi connectivity index (χ0) is 18.8. The summed E-state index contributed by atoms with van der Waals surface area (Å²) < 4.78 is 44.2. The summed E-state index contributed by atoms with van der Waals surface area (Å²) >= 11 is 17.0. The first-order valence-corrected chi connectivity index (χ1v) is 8.16. The Bertz CT molecular complexity index is 822. The molecule has 0 atom stereocenters. The first kappa shape index (κ1) is 19.7. The van der Waals surface area contributed by atoms with Gasteiger partial charge in [-0.3, -0.25) is 0 Å². The molecule has 5 nitrogen and oxygen atoms in total. The summed E-state index contributed by atoms with van der Waals surface area (Å²) in [5.74, 6) is -0.676. The van der Waals surface area contributed by atoms with E-state index >= 15 is 0 Å². The normalized spacial score (nSPS) is 12.3. The zero-order valence-electron chi connectivity index (χ0n) is 13.1. The molecule has 0 aliphatic carbocycles. The smallest absolute Gasteiger partial charge is 0.453 e. The molecule has 2 rings (SSSR count). The SMILES string of the molecule is CC(C)COc1c(Cl)cc(/C=N\n2c(C(F)(F)F)n[nH]c2=S)cc1Cl. The minimum absolute atomic E-state index is 0.224. The maximum atomic E-state index is 12.8. The molecular weight excluding hydrogens is 400 g/mol. The summed E-state index contributed by atoms with van der Waals surface area (Å²) in [5, 5.41) is 9.32. The van der Waals surface area contributed by atoms with Gasteiger partial charge in [-0.15, -0.1) is 5.10 Å². The molecule has 0 saturated heterocycles. The highest BCUT2D eigenvalue weighted by molar-refractivity contribution is 7.71. The lowest BCUT2D eigenvalue weighted by Crippen LogP contribution is -2.12. The maximum Gasteiger partial charge on any atom is 0.453 e. The van der Waals surface area contributed by atoms with Gasteiger partial charge in [0, 0.05) is 0 Å². The second kappa shape index (κ2) is 7.76. The number of nitrogens with zero attached hydrogens (tertiary/aromatic N) is 3. The van der Waals surface area contributed by atoms with Crippen molar-refractivity contribution in [2.75, 3.05) is 6.61 Å². The van der Waals surface area contributed by atoms with Crippen LogP contribution in [0.2, 0.25) is 10.0 Å². The summed E-state index contributed by atoms with van der Waals surface area (Å²) in [4.78, 5) is 0. The van der Waals surface area contributed by atoms with Crippen LogP contribution in [0.15, 0.2) is 17.2 Å². The molecule has 136 valence electrons. The van der Waals surface area contributed by atoms with Crippen LogP contribution < -0.4 is 4.74 Å². The van der Waals surface area contributed by atoms with Gasteiger partial charge in [0.05, 0.1) is 22.9 Å². The Labute approximate surface area is 156 Å². The van der Waals surface area contributed by atoms with Gasteiger partial charge in [0.25, 0.3) is 5.82 Å². The Morgan fingerprint density at radius 2 is 1.96 bits per heavy atom. The monoisotopic (exact) mass is 412 g/mol. The fraction of sp³-hybridized carbons (Fsp3) is 0.357. The number of ether oxygens (including phenoxy) is 1. The summed E-state index contributed by atoms with van der Waals surface area (Å²) in [6, 6.07) is 2.95. The van der Waals surface area contributed by atoms with E-state index in [1.54, 1.807) is 0 Å². The minimum atomic E-state index is -4.70. The van der Waals surface area contributed by atoms with Crippen molar-refractivity contribution in [2.45, 2.75) is 20.0 Å². The Morgan fingerprint density at radius 3 is 2.48 bits per heavy atom. The lowest BCUT2D eigenvalue weighted by Gasteiger charge is -2.12. The van der Waals surface area contributed by atoms with Crippen LogP contribution in [0.3, 0.4) is 0 Å². The standard InChI is InChI=1S/C14H13Cl2F3N4OS/c1-7(2)6-24-11-9(15)3-8(4-10(11)16)5-20-23-12(14(17,18)19)21-22-13(23)25/h3-5,7H,6H2,1-2H3,(H,22,25)/b20-5-. The van der Waals surface area contributed by atoms with Crippen LogP contribution in [-0.2, 0) is 6.18 Å². The number of rotatable bonds is 5. The first-order valence-electron chi connectivity index (χ1n) is 7.00. The highest BCUT2D eigenvalue weighted by atomic mass is 35.5. The molecule has 0 fully saturated rings. The van der Waals surface area contributed by atoms with Gasteiger partial charge in [0.15, 0.2) is 5.75 Å². The zero-order valence-corrected chi connectivity index (χ0v) is 15.4. The number of hydrogen-bond acceptors (Lipinski definition) is 4. The summed E-state index contributed by atoms with van der Waals surface area (Å²) in [5.41, 5.74) is 0.378. The van der Waals surface area contributed by atoms with Gasteiger partial charge in [0.2, 0.25) is 4.77 Å². The average molecular weight is 413 g/mol. The van der Waals surface area contributed by atoms with Gasteiger partial charge in [0.1, 0.15) is 0 Å². The number of halogens is 5. The van der Waals surface area contributed by atoms with E-state index in [4.69, 9.17) is 40.2 Å². The maximum absolute atomic E-state index is 12.8. The summed E-state index contributed by atoms with van der Waals surface area (Å²) in [6.07, 6.45) is -3.56. The van der Waals surface area contributed by atoms with Crippen LogP contribution in [0.5, 0.6) is 5.75 Å². The number of H-pyrrole nitrogens is 1. The molecule has 0 radical (unpaired) electrons. The largest absolute Gasteiger partial charge is 0.490 e. The fourth-order valence-electron chi connectivity index (χ4n) is 1.75.